The smallest absolute Gasteiger partial charge is 0.0686 e. The molecule has 0 amide bonds. The van der Waals surface area contributed by atoms with E-state index in [1.165, 1.54) is 16.3 Å². The Kier molecular flexibility index (Phi) is 3.64. The molecule has 1 aromatic carbocycles. The van der Waals surface area contributed by atoms with E-state index in [4.69, 9.17) is 0 Å². The highest BCUT2D eigenvalue weighted by Crippen LogP contribution is 2.40. The van der Waals surface area contributed by atoms with Gasteiger partial charge in [-0.05, 0) is 39.0 Å². The lowest BCUT2D eigenvalue weighted by molar-refractivity contribution is 0.863. The van der Waals surface area contributed by atoms with Gasteiger partial charge in [0.25, 0.3) is 0 Å². The highest BCUT2D eigenvalue weighted by Gasteiger charge is 2.18. The highest BCUT2D eigenvalue weighted by molar-refractivity contribution is 7.99. The number of nitrogens with zero attached hydrogens (tertiary/aromatic N) is 2. The van der Waals surface area contributed by atoms with Crippen molar-refractivity contribution < 1.29 is 0 Å². The van der Waals surface area contributed by atoms with Crippen LogP contribution in [0.3, 0.4) is 0 Å². The minimum atomic E-state index is 1.08. The normalized spacial score (nSPS) is 14.1. The Hall–Kier alpha value is -0.830. The first-order chi connectivity index (χ1) is 7.80. The number of hydrogen-bond acceptors (Lipinski definition) is 3. The minimum absolute atomic E-state index is 1.08. The number of fused-ring (bicyclic) bond motifs is 1. The molecule has 3 heteroatoms. The van der Waals surface area contributed by atoms with Crippen LogP contribution in [0.4, 0.5) is 11.4 Å². The Morgan fingerprint density at radius 3 is 2.62 bits per heavy atom. The lowest BCUT2D eigenvalue weighted by atomic mass is 10.2. The van der Waals surface area contributed by atoms with E-state index < -0.39 is 0 Å². The van der Waals surface area contributed by atoms with E-state index in [2.05, 4.69) is 48.8 Å². The van der Waals surface area contributed by atoms with Gasteiger partial charge in [0.05, 0.1) is 11.6 Å². The van der Waals surface area contributed by atoms with Crippen molar-refractivity contribution in [3.8, 4) is 0 Å². The summed E-state index contributed by atoms with van der Waals surface area (Å²) in [5.41, 5.74) is 2.76. The first-order valence-corrected chi connectivity index (χ1v) is 7.05. The molecule has 0 saturated carbocycles. The molecular formula is C13H20N2S. The fourth-order valence-corrected chi connectivity index (χ4v) is 3.31. The monoisotopic (exact) mass is 236 g/mol. The van der Waals surface area contributed by atoms with Crippen LogP contribution in [0.25, 0.3) is 0 Å². The van der Waals surface area contributed by atoms with Gasteiger partial charge in [0.15, 0.2) is 0 Å². The Morgan fingerprint density at radius 1 is 1.25 bits per heavy atom. The molecule has 16 heavy (non-hydrogen) atoms. The summed E-state index contributed by atoms with van der Waals surface area (Å²) in [6.07, 6.45) is 0. The number of rotatable bonds is 4. The van der Waals surface area contributed by atoms with Gasteiger partial charge in [-0.1, -0.05) is 0 Å². The summed E-state index contributed by atoms with van der Waals surface area (Å²) < 4.78 is 0. The second-order valence-corrected chi connectivity index (χ2v) is 4.94. The Morgan fingerprint density at radius 2 is 2.00 bits per heavy atom. The van der Waals surface area contributed by atoms with E-state index in [1.807, 2.05) is 11.8 Å². The quantitative estimate of drug-likeness (QED) is 0.791. The standard InChI is InChI=1S/C13H20N2S/c1-4-14(5-2)11-7-8-12-13(9-11)16-10-15(12)6-3/h7-9H,4-6,10H2,1-3H3. The lowest BCUT2D eigenvalue weighted by Crippen LogP contribution is -2.22. The third-order valence-corrected chi connectivity index (χ3v) is 4.25. The maximum atomic E-state index is 2.42. The zero-order valence-corrected chi connectivity index (χ0v) is 11.2. The summed E-state index contributed by atoms with van der Waals surface area (Å²) in [6, 6.07) is 6.86. The average molecular weight is 236 g/mol. The van der Waals surface area contributed by atoms with Crippen molar-refractivity contribution in [3.05, 3.63) is 18.2 Å². The average Bonchev–Trinajstić information content (AvgIpc) is 2.73. The van der Waals surface area contributed by atoms with E-state index in [0.29, 0.717) is 0 Å². The summed E-state index contributed by atoms with van der Waals surface area (Å²) >= 11 is 1.95. The van der Waals surface area contributed by atoms with Crippen LogP contribution in [0.5, 0.6) is 0 Å². The molecule has 0 aromatic heterocycles. The van der Waals surface area contributed by atoms with Crippen molar-refractivity contribution in [1.82, 2.24) is 0 Å². The van der Waals surface area contributed by atoms with Gasteiger partial charge >= 0.3 is 0 Å². The number of thioether (sulfide) groups is 1. The molecule has 88 valence electrons. The SMILES string of the molecule is CCN(CC)c1ccc2c(c1)SCN2CC. The van der Waals surface area contributed by atoms with Gasteiger partial charge < -0.3 is 9.80 Å². The van der Waals surface area contributed by atoms with E-state index >= 15 is 0 Å². The molecule has 1 aromatic rings. The van der Waals surface area contributed by atoms with Gasteiger partial charge in [-0.3, -0.25) is 0 Å². The first-order valence-electron chi connectivity index (χ1n) is 6.06. The minimum Gasteiger partial charge on any atom is -0.372 e. The fraction of sp³-hybridized carbons (Fsp3) is 0.538. The van der Waals surface area contributed by atoms with Gasteiger partial charge in [-0.25, -0.2) is 0 Å². The molecule has 1 aliphatic rings. The predicted octanol–water partition coefficient (Wildman–Crippen LogP) is 3.42. The van der Waals surface area contributed by atoms with Crippen LogP contribution >= 0.6 is 11.8 Å². The second kappa shape index (κ2) is 5.00. The number of anilines is 2. The van der Waals surface area contributed by atoms with E-state index in [0.717, 1.165) is 25.5 Å². The van der Waals surface area contributed by atoms with E-state index in [9.17, 15) is 0 Å². The maximum Gasteiger partial charge on any atom is 0.0686 e. The summed E-state index contributed by atoms with van der Waals surface area (Å²) in [5, 5.41) is 0. The Bertz CT molecular complexity index is 361. The van der Waals surface area contributed by atoms with Gasteiger partial charge in [-0.15, -0.1) is 11.8 Å². The highest BCUT2D eigenvalue weighted by atomic mass is 32.2. The zero-order chi connectivity index (χ0) is 11.5. The van der Waals surface area contributed by atoms with Crippen molar-refractivity contribution in [2.24, 2.45) is 0 Å². The van der Waals surface area contributed by atoms with Gasteiger partial charge in [-0.2, -0.15) is 0 Å². The van der Waals surface area contributed by atoms with Crippen LogP contribution < -0.4 is 9.80 Å². The molecule has 0 bridgehead atoms. The van der Waals surface area contributed by atoms with Gasteiger partial charge in [0.2, 0.25) is 0 Å². The summed E-state index contributed by atoms with van der Waals surface area (Å²) in [4.78, 5) is 6.26. The van der Waals surface area contributed by atoms with Crippen molar-refractivity contribution in [3.63, 3.8) is 0 Å². The molecule has 0 aliphatic carbocycles. The molecule has 0 radical (unpaired) electrons. The lowest BCUT2D eigenvalue weighted by Gasteiger charge is -2.22. The molecule has 0 fully saturated rings. The number of benzene rings is 1. The molecule has 0 N–H and O–H groups in total. The van der Waals surface area contributed by atoms with E-state index in [-0.39, 0.29) is 0 Å². The molecule has 2 rings (SSSR count). The van der Waals surface area contributed by atoms with Crippen molar-refractivity contribution >= 4 is 23.1 Å². The van der Waals surface area contributed by atoms with Crippen molar-refractivity contribution in [1.29, 1.82) is 0 Å². The van der Waals surface area contributed by atoms with Crippen LogP contribution in [0.15, 0.2) is 23.1 Å². The largest absolute Gasteiger partial charge is 0.372 e. The van der Waals surface area contributed by atoms with E-state index in [1.54, 1.807) is 0 Å². The van der Waals surface area contributed by atoms with Crippen LogP contribution in [0.2, 0.25) is 0 Å². The molecular weight excluding hydrogens is 216 g/mol. The van der Waals surface area contributed by atoms with Crippen LogP contribution in [0.1, 0.15) is 20.8 Å². The molecule has 0 spiro atoms. The molecule has 2 nitrogen and oxygen atoms in total. The molecule has 1 aliphatic heterocycles. The van der Waals surface area contributed by atoms with Crippen LogP contribution in [0, 0.1) is 0 Å². The molecule has 0 saturated heterocycles. The maximum absolute atomic E-state index is 2.42. The summed E-state index contributed by atoms with van der Waals surface area (Å²) in [7, 11) is 0. The third kappa shape index (κ3) is 2.01. The molecule has 0 unspecified atom stereocenters. The Balaban J connectivity index is 2.27. The van der Waals surface area contributed by atoms with Crippen molar-refractivity contribution in [2.45, 2.75) is 25.7 Å². The summed E-state index contributed by atoms with van der Waals surface area (Å²) in [5.74, 6) is 1.10. The van der Waals surface area contributed by atoms with Gasteiger partial charge in [0.1, 0.15) is 0 Å². The van der Waals surface area contributed by atoms with Crippen LogP contribution in [-0.4, -0.2) is 25.5 Å². The zero-order valence-electron chi connectivity index (χ0n) is 10.4. The molecule has 1 heterocycles. The first kappa shape index (κ1) is 11.6. The van der Waals surface area contributed by atoms with Gasteiger partial charge in [0, 0.05) is 30.2 Å². The number of hydrogen-bond donors (Lipinski definition) is 0. The molecule has 0 atom stereocenters. The van der Waals surface area contributed by atoms with Crippen molar-refractivity contribution in [2.75, 3.05) is 35.3 Å². The third-order valence-electron chi connectivity index (χ3n) is 3.17. The second-order valence-electron chi connectivity index (χ2n) is 3.95. The predicted molar refractivity (Wildman–Crippen MR) is 73.7 cm³/mol. The van der Waals surface area contributed by atoms with Crippen LogP contribution in [-0.2, 0) is 0 Å². The Labute approximate surface area is 103 Å². The fourth-order valence-electron chi connectivity index (χ4n) is 2.14. The summed E-state index contributed by atoms with van der Waals surface area (Å²) in [6.45, 7) is 9.90. The topological polar surface area (TPSA) is 6.48 Å².